The third-order valence-electron chi connectivity index (χ3n) is 4.07. The Labute approximate surface area is 125 Å². The minimum absolute atomic E-state index is 0.00250. The van der Waals surface area contributed by atoms with E-state index in [2.05, 4.69) is 42.2 Å². The summed E-state index contributed by atoms with van der Waals surface area (Å²) < 4.78 is 0. The van der Waals surface area contributed by atoms with E-state index in [0.29, 0.717) is 6.42 Å². The van der Waals surface area contributed by atoms with Crippen LogP contribution in [0.4, 0.5) is 0 Å². The number of carbonyl (C=O) groups is 1. The summed E-state index contributed by atoms with van der Waals surface area (Å²) in [5, 5.41) is 0. The molecule has 21 heavy (non-hydrogen) atoms. The van der Waals surface area contributed by atoms with Gasteiger partial charge in [-0.1, -0.05) is 37.3 Å². The van der Waals surface area contributed by atoms with Gasteiger partial charge in [0.1, 0.15) is 0 Å². The van der Waals surface area contributed by atoms with Gasteiger partial charge in [-0.3, -0.25) is 9.78 Å². The average Bonchev–Trinajstić information content (AvgIpc) is 2.55. The van der Waals surface area contributed by atoms with Crippen molar-refractivity contribution in [1.82, 2.24) is 9.88 Å². The minimum atomic E-state index is 0.00250. The first-order chi connectivity index (χ1) is 10.3. The molecule has 0 saturated heterocycles. The molecule has 108 valence electrons. The highest BCUT2D eigenvalue weighted by Gasteiger charge is 2.31. The zero-order chi connectivity index (χ0) is 14.7. The number of pyridine rings is 1. The minimum Gasteiger partial charge on any atom is -0.331 e. The molecular weight excluding hydrogens is 260 g/mol. The van der Waals surface area contributed by atoms with E-state index >= 15 is 0 Å². The van der Waals surface area contributed by atoms with Crippen LogP contribution in [0.15, 0.2) is 48.8 Å². The molecule has 0 saturated carbocycles. The predicted molar refractivity (Wildman–Crippen MR) is 82.8 cm³/mol. The SMILES string of the molecule is CCCC(=O)N1CCc2ccccc2C1c1cccnc1. The second kappa shape index (κ2) is 6.08. The molecule has 0 aliphatic carbocycles. The maximum absolute atomic E-state index is 12.5. The van der Waals surface area contributed by atoms with Gasteiger partial charge in [-0.2, -0.15) is 0 Å². The molecule has 1 aromatic heterocycles. The molecule has 3 nitrogen and oxygen atoms in total. The maximum Gasteiger partial charge on any atom is 0.223 e. The third-order valence-corrected chi connectivity index (χ3v) is 4.07. The van der Waals surface area contributed by atoms with Gasteiger partial charge >= 0.3 is 0 Å². The van der Waals surface area contributed by atoms with E-state index in [0.717, 1.165) is 24.9 Å². The summed E-state index contributed by atoms with van der Waals surface area (Å²) in [4.78, 5) is 18.7. The Balaban J connectivity index is 2.05. The monoisotopic (exact) mass is 280 g/mol. The molecule has 1 amide bonds. The normalized spacial score (nSPS) is 17.4. The van der Waals surface area contributed by atoms with Gasteiger partial charge in [-0.25, -0.2) is 0 Å². The Morgan fingerprint density at radius 1 is 1.29 bits per heavy atom. The van der Waals surface area contributed by atoms with Crippen LogP contribution in [-0.2, 0) is 11.2 Å². The first kappa shape index (κ1) is 13.8. The second-order valence-electron chi connectivity index (χ2n) is 5.47. The van der Waals surface area contributed by atoms with Crippen LogP contribution in [0.1, 0.15) is 42.5 Å². The van der Waals surface area contributed by atoms with Crippen LogP contribution in [0.2, 0.25) is 0 Å². The van der Waals surface area contributed by atoms with Gasteiger partial charge in [0.25, 0.3) is 0 Å². The predicted octanol–water partition coefficient (Wildman–Crippen LogP) is 3.36. The quantitative estimate of drug-likeness (QED) is 0.863. The molecule has 0 fully saturated rings. The van der Waals surface area contributed by atoms with Crippen LogP contribution >= 0.6 is 0 Å². The fraction of sp³-hybridized carbons (Fsp3) is 0.333. The lowest BCUT2D eigenvalue weighted by molar-refractivity contribution is -0.133. The van der Waals surface area contributed by atoms with Gasteiger partial charge < -0.3 is 4.90 Å². The number of hydrogen-bond acceptors (Lipinski definition) is 2. The topological polar surface area (TPSA) is 33.2 Å². The molecule has 0 N–H and O–H groups in total. The Bertz CT molecular complexity index is 624. The summed E-state index contributed by atoms with van der Waals surface area (Å²) in [7, 11) is 0. The number of rotatable bonds is 3. The highest BCUT2D eigenvalue weighted by atomic mass is 16.2. The Morgan fingerprint density at radius 3 is 2.90 bits per heavy atom. The molecule has 3 rings (SSSR count). The smallest absolute Gasteiger partial charge is 0.223 e. The van der Waals surface area contributed by atoms with Gasteiger partial charge in [-0.15, -0.1) is 0 Å². The van der Waals surface area contributed by atoms with Crippen molar-refractivity contribution < 1.29 is 4.79 Å². The fourth-order valence-corrected chi connectivity index (χ4v) is 3.09. The lowest BCUT2D eigenvalue weighted by atomic mass is 9.88. The summed E-state index contributed by atoms with van der Waals surface area (Å²) in [6, 6.07) is 12.4. The van der Waals surface area contributed by atoms with Crippen LogP contribution in [0, 0.1) is 0 Å². The second-order valence-corrected chi connectivity index (χ2v) is 5.47. The summed E-state index contributed by atoms with van der Waals surface area (Å²) in [5.74, 6) is 0.237. The number of amides is 1. The molecule has 1 aromatic carbocycles. The largest absolute Gasteiger partial charge is 0.331 e. The summed E-state index contributed by atoms with van der Waals surface area (Å²) in [5.41, 5.74) is 3.67. The van der Waals surface area contributed by atoms with E-state index in [1.165, 1.54) is 11.1 Å². The third kappa shape index (κ3) is 2.68. The van der Waals surface area contributed by atoms with Crippen LogP contribution in [0.3, 0.4) is 0 Å². The van der Waals surface area contributed by atoms with Crippen LogP contribution in [0.5, 0.6) is 0 Å². The van der Waals surface area contributed by atoms with Crippen molar-refractivity contribution in [1.29, 1.82) is 0 Å². The number of hydrogen-bond donors (Lipinski definition) is 0. The molecule has 2 aromatic rings. The van der Waals surface area contributed by atoms with Crippen molar-refractivity contribution in [3.8, 4) is 0 Å². The van der Waals surface area contributed by atoms with Crippen molar-refractivity contribution >= 4 is 5.91 Å². The maximum atomic E-state index is 12.5. The lowest BCUT2D eigenvalue weighted by Crippen LogP contribution is -2.40. The molecule has 1 atom stereocenters. The summed E-state index contributed by atoms with van der Waals surface area (Å²) in [6.45, 7) is 2.84. The molecule has 0 bridgehead atoms. The standard InChI is InChI=1S/C18H20N2O/c1-2-6-17(21)20-12-10-14-7-3-4-9-16(14)18(20)15-8-5-11-19-13-15/h3-5,7-9,11,13,18H,2,6,10,12H2,1H3. The molecule has 1 aliphatic heterocycles. The number of aromatic nitrogens is 1. The van der Waals surface area contributed by atoms with Crippen LogP contribution in [0.25, 0.3) is 0 Å². The first-order valence-electron chi connectivity index (χ1n) is 7.58. The van der Waals surface area contributed by atoms with Crippen molar-refractivity contribution in [3.05, 3.63) is 65.5 Å². The van der Waals surface area contributed by atoms with E-state index in [-0.39, 0.29) is 11.9 Å². The Hall–Kier alpha value is -2.16. The summed E-state index contributed by atoms with van der Waals surface area (Å²) in [6.07, 6.45) is 6.08. The molecule has 1 aliphatic rings. The van der Waals surface area contributed by atoms with Gasteiger partial charge in [0, 0.05) is 25.4 Å². The van der Waals surface area contributed by atoms with Gasteiger partial charge in [0.15, 0.2) is 0 Å². The molecule has 3 heteroatoms. The van der Waals surface area contributed by atoms with Gasteiger partial charge in [0.2, 0.25) is 5.91 Å². The summed E-state index contributed by atoms with van der Waals surface area (Å²) >= 11 is 0. The molecule has 1 unspecified atom stereocenters. The number of carbonyl (C=O) groups excluding carboxylic acids is 1. The van der Waals surface area contributed by atoms with Gasteiger partial charge in [0.05, 0.1) is 6.04 Å². The first-order valence-corrected chi connectivity index (χ1v) is 7.58. The highest BCUT2D eigenvalue weighted by Crippen LogP contribution is 2.35. The average molecular weight is 280 g/mol. The van der Waals surface area contributed by atoms with E-state index in [4.69, 9.17) is 0 Å². The molecular formula is C18H20N2O. The van der Waals surface area contributed by atoms with Crippen LogP contribution < -0.4 is 0 Å². The van der Waals surface area contributed by atoms with E-state index in [1.54, 1.807) is 6.20 Å². The fourth-order valence-electron chi connectivity index (χ4n) is 3.09. The Kier molecular flexibility index (Phi) is 4.00. The zero-order valence-electron chi connectivity index (χ0n) is 12.3. The van der Waals surface area contributed by atoms with Crippen molar-refractivity contribution in [3.63, 3.8) is 0 Å². The van der Waals surface area contributed by atoms with Gasteiger partial charge in [-0.05, 0) is 35.6 Å². The van der Waals surface area contributed by atoms with Crippen LogP contribution in [-0.4, -0.2) is 22.3 Å². The highest BCUT2D eigenvalue weighted by molar-refractivity contribution is 5.77. The van der Waals surface area contributed by atoms with E-state index in [9.17, 15) is 4.79 Å². The number of nitrogens with zero attached hydrogens (tertiary/aromatic N) is 2. The van der Waals surface area contributed by atoms with Crippen molar-refractivity contribution in [2.24, 2.45) is 0 Å². The number of benzene rings is 1. The van der Waals surface area contributed by atoms with Crippen molar-refractivity contribution in [2.75, 3.05) is 6.54 Å². The molecule has 0 radical (unpaired) electrons. The Morgan fingerprint density at radius 2 is 2.14 bits per heavy atom. The van der Waals surface area contributed by atoms with Crippen molar-refractivity contribution in [2.45, 2.75) is 32.2 Å². The molecule has 2 heterocycles. The number of fused-ring (bicyclic) bond motifs is 1. The zero-order valence-corrected chi connectivity index (χ0v) is 12.3. The lowest BCUT2D eigenvalue weighted by Gasteiger charge is -2.37. The van der Waals surface area contributed by atoms with E-state index < -0.39 is 0 Å². The molecule has 0 spiro atoms. The van der Waals surface area contributed by atoms with E-state index in [1.807, 2.05) is 17.2 Å².